The third-order valence-corrected chi connectivity index (χ3v) is 4.75. The molecule has 3 aliphatic rings. The minimum absolute atomic E-state index is 0.129. The first kappa shape index (κ1) is 11.9. The van der Waals surface area contributed by atoms with Crippen molar-refractivity contribution in [1.82, 2.24) is 5.43 Å². The monoisotopic (exact) mass is 246 g/mol. The first-order valence-corrected chi connectivity index (χ1v) is 7.34. The van der Waals surface area contributed by atoms with Crippen LogP contribution < -0.4 is 5.43 Å². The molecule has 0 saturated heterocycles. The van der Waals surface area contributed by atoms with Gasteiger partial charge in [-0.3, -0.25) is 4.79 Å². The van der Waals surface area contributed by atoms with E-state index in [0.29, 0.717) is 11.8 Å². The number of allylic oxidation sites excluding steroid dienone is 2. The maximum absolute atomic E-state index is 11.9. The van der Waals surface area contributed by atoms with Crippen molar-refractivity contribution in [3.05, 3.63) is 12.2 Å². The van der Waals surface area contributed by atoms with Crippen molar-refractivity contribution in [3.63, 3.8) is 0 Å². The molecular formula is C15H22N2O. The number of nitrogens with one attached hydrogen (secondary N) is 1. The van der Waals surface area contributed by atoms with Crippen molar-refractivity contribution < 1.29 is 4.79 Å². The highest BCUT2D eigenvalue weighted by Gasteiger charge is 2.34. The predicted octanol–water partition coefficient (Wildman–Crippen LogP) is 2.88. The van der Waals surface area contributed by atoms with E-state index in [9.17, 15) is 4.79 Å². The number of hydrogen-bond donors (Lipinski definition) is 1. The third-order valence-electron chi connectivity index (χ3n) is 4.75. The molecule has 2 fully saturated rings. The highest BCUT2D eigenvalue weighted by molar-refractivity contribution is 5.79. The molecule has 0 radical (unpaired) electrons. The zero-order valence-corrected chi connectivity index (χ0v) is 10.8. The largest absolute Gasteiger partial charge is 0.273 e. The van der Waals surface area contributed by atoms with E-state index in [1.54, 1.807) is 0 Å². The Kier molecular flexibility index (Phi) is 3.48. The summed E-state index contributed by atoms with van der Waals surface area (Å²) in [5, 5.41) is 4.19. The first-order valence-electron chi connectivity index (χ1n) is 7.34. The Balaban J connectivity index is 1.46. The summed E-state index contributed by atoms with van der Waals surface area (Å²) in [4.78, 5) is 11.9. The van der Waals surface area contributed by atoms with E-state index >= 15 is 0 Å². The smallest absolute Gasteiger partial charge is 0.243 e. The number of hydrazone groups is 1. The zero-order valence-electron chi connectivity index (χ0n) is 10.8. The summed E-state index contributed by atoms with van der Waals surface area (Å²) in [5.41, 5.74) is 2.75. The van der Waals surface area contributed by atoms with Crippen molar-refractivity contribution in [2.75, 3.05) is 0 Å². The first-order chi connectivity index (χ1) is 8.83. The summed E-state index contributed by atoms with van der Waals surface area (Å²) < 4.78 is 0. The Morgan fingerprint density at radius 1 is 1.17 bits per heavy atom. The van der Waals surface area contributed by atoms with Crippen LogP contribution in [0.2, 0.25) is 0 Å². The fourth-order valence-electron chi connectivity index (χ4n) is 3.65. The van der Waals surface area contributed by atoms with Gasteiger partial charge in [0.2, 0.25) is 5.91 Å². The molecule has 18 heavy (non-hydrogen) atoms. The van der Waals surface area contributed by atoms with E-state index in [4.69, 9.17) is 0 Å². The topological polar surface area (TPSA) is 41.5 Å². The lowest BCUT2D eigenvalue weighted by molar-refractivity contribution is -0.125. The number of fused-ring (bicyclic) bond motifs is 2. The molecule has 2 saturated carbocycles. The number of amides is 1. The second-order valence-corrected chi connectivity index (χ2v) is 6.03. The molecule has 3 rings (SSSR count). The number of nitrogens with zero attached hydrogens (tertiary/aromatic N) is 1. The van der Waals surface area contributed by atoms with E-state index in [-0.39, 0.29) is 11.8 Å². The van der Waals surface area contributed by atoms with Crippen LogP contribution >= 0.6 is 0 Å². The van der Waals surface area contributed by atoms with Crippen LogP contribution in [0.25, 0.3) is 0 Å². The van der Waals surface area contributed by atoms with Crippen LogP contribution in [0, 0.1) is 23.7 Å². The van der Waals surface area contributed by atoms with Gasteiger partial charge in [0.05, 0.1) is 0 Å². The van der Waals surface area contributed by atoms with E-state index in [0.717, 1.165) is 18.8 Å². The van der Waals surface area contributed by atoms with E-state index < -0.39 is 0 Å². The SMILES string of the molecule is O=C(N/N=C\[C@H]1C[C@H]2C=C[C@@H]1C2)C1CCCCC1. The fourth-order valence-corrected chi connectivity index (χ4v) is 3.65. The lowest BCUT2D eigenvalue weighted by atomic mass is 9.89. The number of rotatable bonds is 3. The van der Waals surface area contributed by atoms with Crippen LogP contribution in [0.4, 0.5) is 0 Å². The Morgan fingerprint density at radius 3 is 2.67 bits per heavy atom. The van der Waals surface area contributed by atoms with E-state index in [1.807, 2.05) is 6.21 Å². The predicted molar refractivity (Wildman–Crippen MR) is 72.1 cm³/mol. The number of hydrogen-bond acceptors (Lipinski definition) is 2. The molecule has 0 spiro atoms. The normalized spacial score (nSPS) is 35.4. The summed E-state index contributed by atoms with van der Waals surface area (Å²) in [6.45, 7) is 0. The summed E-state index contributed by atoms with van der Waals surface area (Å²) in [7, 11) is 0. The average Bonchev–Trinajstić information content (AvgIpc) is 3.02. The second kappa shape index (κ2) is 5.25. The van der Waals surface area contributed by atoms with Crippen molar-refractivity contribution >= 4 is 12.1 Å². The molecule has 0 aromatic carbocycles. The molecule has 1 amide bonds. The molecule has 3 aliphatic carbocycles. The third kappa shape index (κ3) is 2.50. The minimum Gasteiger partial charge on any atom is -0.273 e. The highest BCUT2D eigenvalue weighted by atomic mass is 16.2. The van der Waals surface area contributed by atoms with Gasteiger partial charge in [-0.15, -0.1) is 0 Å². The number of carbonyl (C=O) groups is 1. The Morgan fingerprint density at radius 2 is 2.00 bits per heavy atom. The van der Waals surface area contributed by atoms with Crippen LogP contribution in [0.3, 0.4) is 0 Å². The van der Waals surface area contributed by atoms with E-state index in [2.05, 4.69) is 22.7 Å². The van der Waals surface area contributed by atoms with Gasteiger partial charge in [-0.25, -0.2) is 5.43 Å². The van der Waals surface area contributed by atoms with Gasteiger partial charge in [-0.05, 0) is 37.5 Å². The van der Waals surface area contributed by atoms with Crippen molar-refractivity contribution in [3.8, 4) is 0 Å². The Labute approximate surface area is 109 Å². The van der Waals surface area contributed by atoms with Crippen LogP contribution in [0.15, 0.2) is 17.3 Å². The van der Waals surface area contributed by atoms with Gasteiger partial charge in [0.25, 0.3) is 0 Å². The maximum Gasteiger partial charge on any atom is 0.243 e. The molecule has 0 heterocycles. The van der Waals surface area contributed by atoms with E-state index in [1.165, 1.54) is 32.1 Å². The molecule has 3 nitrogen and oxygen atoms in total. The second-order valence-electron chi connectivity index (χ2n) is 6.03. The summed E-state index contributed by atoms with van der Waals surface area (Å²) in [6.07, 6.45) is 14.9. The molecule has 0 aromatic rings. The van der Waals surface area contributed by atoms with Gasteiger partial charge >= 0.3 is 0 Å². The standard InChI is InChI=1S/C15H22N2O/c18-15(12-4-2-1-3-5-12)17-16-10-14-9-11-6-7-13(14)8-11/h6-7,10-14H,1-5,8-9H2,(H,17,18)/b16-10-/t11-,13+,14+/m0/s1. The lowest BCUT2D eigenvalue weighted by Crippen LogP contribution is -2.28. The fraction of sp³-hybridized carbons (Fsp3) is 0.733. The summed E-state index contributed by atoms with van der Waals surface area (Å²) >= 11 is 0. The summed E-state index contributed by atoms with van der Waals surface area (Å²) in [5.74, 6) is 2.32. The molecule has 3 heteroatoms. The van der Waals surface area contributed by atoms with Crippen molar-refractivity contribution in [2.45, 2.75) is 44.9 Å². The average molecular weight is 246 g/mol. The molecule has 1 N–H and O–H groups in total. The van der Waals surface area contributed by atoms with Gasteiger partial charge in [-0.1, -0.05) is 31.4 Å². The molecule has 0 aromatic heterocycles. The molecule has 3 atom stereocenters. The highest BCUT2D eigenvalue weighted by Crippen LogP contribution is 2.42. The van der Waals surface area contributed by atoms with Gasteiger partial charge in [0.1, 0.15) is 0 Å². The Bertz CT molecular complexity index is 369. The van der Waals surface area contributed by atoms with Crippen LogP contribution in [0.5, 0.6) is 0 Å². The van der Waals surface area contributed by atoms with Crippen LogP contribution in [0.1, 0.15) is 44.9 Å². The maximum atomic E-state index is 11.9. The van der Waals surface area contributed by atoms with Gasteiger partial charge < -0.3 is 0 Å². The molecular weight excluding hydrogens is 224 g/mol. The minimum atomic E-state index is 0.129. The van der Waals surface area contributed by atoms with Crippen molar-refractivity contribution in [2.24, 2.45) is 28.8 Å². The molecule has 2 bridgehead atoms. The van der Waals surface area contributed by atoms with Gasteiger partial charge in [0, 0.05) is 18.1 Å². The van der Waals surface area contributed by atoms with Crippen LogP contribution in [-0.4, -0.2) is 12.1 Å². The molecule has 0 aliphatic heterocycles. The van der Waals surface area contributed by atoms with Crippen LogP contribution in [-0.2, 0) is 4.79 Å². The Hall–Kier alpha value is -1.12. The molecule has 0 unspecified atom stereocenters. The lowest BCUT2D eigenvalue weighted by Gasteiger charge is -2.19. The zero-order chi connectivity index (χ0) is 12.4. The summed E-state index contributed by atoms with van der Waals surface area (Å²) in [6, 6.07) is 0. The number of carbonyl (C=O) groups excluding carboxylic acids is 1. The van der Waals surface area contributed by atoms with Gasteiger partial charge in [0.15, 0.2) is 0 Å². The molecule has 98 valence electrons. The van der Waals surface area contributed by atoms with Crippen molar-refractivity contribution in [1.29, 1.82) is 0 Å². The van der Waals surface area contributed by atoms with Gasteiger partial charge in [-0.2, -0.15) is 5.10 Å². The quantitative estimate of drug-likeness (QED) is 0.464.